The molecule has 0 aromatic heterocycles. The molecule has 0 saturated heterocycles. The van der Waals surface area contributed by atoms with Crippen LogP contribution in [0, 0.1) is 0 Å². The van der Waals surface area contributed by atoms with Gasteiger partial charge in [0.25, 0.3) is 0 Å². The molecular weight excluding hydrogens is 733 g/mol. The maximum Gasteiger partial charge on any atom is 0.306 e. The van der Waals surface area contributed by atoms with Crippen LogP contribution in [-0.2, 0) is 28.6 Å². The molecule has 1 atom stereocenters. The van der Waals surface area contributed by atoms with Crippen LogP contribution in [0.3, 0.4) is 0 Å². The van der Waals surface area contributed by atoms with E-state index in [0.717, 1.165) is 77.0 Å². The van der Waals surface area contributed by atoms with Crippen LogP contribution in [0.2, 0.25) is 0 Å². The summed E-state index contributed by atoms with van der Waals surface area (Å²) in [6.07, 6.45) is 61.1. The van der Waals surface area contributed by atoms with Gasteiger partial charge in [-0.1, -0.05) is 221 Å². The third-order valence-corrected chi connectivity index (χ3v) is 9.76. The van der Waals surface area contributed by atoms with Gasteiger partial charge < -0.3 is 14.2 Å². The van der Waals surface area contributed by atoms with Crippen molar-refractivity contribution in [1.29, 1.82) is 0 Å². The molecule has 0 aliphatic heterocycles. The lowest BCUT2D eigenvalue weighted by Gasteiger charge is -2.18. The highest BCUT2D eigenvalue weighted by molar-refractivity contribution is 5.71. The molecular formula is C53H86O6. The summed E-state index contributed by atoms with van der Waals surface area (Å²) in [5.74, 6) is -1.02. The van der Waals surface area contributed by atoms with Crippen molar-refractivity contribution in [3.8, 4) is 0 Å². The minimum atomic E-state index is -0.820. The second-order valence-electron chi connectivity index (χ2n) is 15.5. The number of hydrogen-bond donors (Lipinski definition) is 0. The number of unbranched alkanes of at least 4 members (excludes halogenated alkanes) is 20. The number of ether oxygens (including phenoxy) is 3. The van der Waals surface area contributed by atoms with Crippen molar-refractivity contribution >= 4 is 17.9 Å². The Morgan fingerprint density at radius 3 is 1.08 bits per heavy atom. The molecule has 0 aliphatic rings. The van der Waals surface area contributed by atoms with Crippen molar-refractivity contribution in [1.82, 2.24) is 0 Å². The number of rotatable bonds is 41. The van der Waals surface area contributed by atoms with E-state index in [4.69, 9.17) is 14.2 Å². The molecule has 0 spiro atoms. The Morgan fingerprint density at radius 2 is 0.678 bits per heavy atom. The van der Waals surface area contributed by atoms with Crippen LogP contribution in [0.1, 0.15) is 201 Å². The fourth-order valence-corrected chi connectivity index (χ4v) is 6.18. The summed E-state index contributed by atoms with van der Waals surface area (Å²) in [5.41, 5.74) is 0. The highest BCUT2D eigenvalue weighted by Gasteiger charge is 2.19. The van der Waals surface area contributed by atoms with Gasteiger partial charge in [0, 0.05) is 19.3 Å². The lowest BCUT2D eigenvalue weighted by Crippen LogP contribution is -2.30. The maximum absolute atomic E-state index is 12.7. The topological polar surface area (TPSA) is 78.9 Å². The quantitative estimate of drug-likeness (QED) is 0.0265. The highest BCUT2D eigenvalue weighted by atomic mass is 16.6. The maximum atomic E-state index is 12.7. The summed E-state index contributed by atoms with van der Waals surface area (Å²) in [6.45, 7) is 6.36. The van der Waals surface area contributed by atoms with Gasteiger partial charge in [-0.3, -0.25) is 14.4 Å². The van der Waals surface area contributed by atoms with Gasteiger partial charge in [0.2, 0.25) is 0 Å². The molecule has 0 bridgehead atoms. The van der Waals surface area contributed by atoms with E-state index >= 15 is 0 Å². The van der Waals surface area contributed by atoms with Gasteiger partial charge in [0.15, 0.2) is 6.10 Å². The third-order valence-electron chi connectivity index (χ3n) is 9.76. The van der Waals surface area contributed by atoms with Crippen LogP contribution >= 0.6 is 0 Å². The number of hydrogen-bond acceptors (Lipinski definition) is 6. The van der Waals surface area contributed by atoms with E-state index in [-0.39, 0.29) is 31.6 Å². The SMILES string of the molecule is CC\C=C/C=C\C=C/C=C\C=C/CCCC(=O)OC(COC(=O)CCCCCCC\C=C/C=C\C=C/CCCCCCC)COC(=O)CCCCCCCCCCCC. The van der Waals surface area contributed by atoms with Crippen molar-refractivity contribution in [2.24, 2.45) is 0 Å². The van der Waals surface area contributed by atoms with Gasteiger partial charge in [-0.05, 0) is 57.8 Å². The summed E-state index contributed by atoms with van der Waals surface area (Å²) in [4.78, 5) is 37.8. The molecule has 0 amide bonds. The molecule has 0 rings (SSSR count). The Hall–Kier alpha value is -3.67. The standard InChI is InChI=1S/C53H86O6/c1-4-7-10-13-16-19-22-24-25-26-27-28-30-31-34-37-40-43-46-52(55)58-49-50(48-57-51(54)45-42-39-36-33-21-18-15-12-9-6-3)59-53(56)47-44-41-38-35-32-29-23-20-17-14-11-8-5-2/h8,11,14,17,20,22-29,32,35,38,50H,4-7,9-10,12-13,15-16,18-19,21,30-31,33-34,36-37,39-49H2,1-3H3/b11-8-,17-14-,23-20-,24-22-,26-25-,28-27-,32-29-,38-35-. The molecule has 334 valence electrons. The number of carbonyl (C=O) groups is 3. The van der Waals surface area contributed by atoms with E-state index in [1.165, 1.54) is 77.0 Å². The molecule has 6 nitrogen and oxygen atoms in total. The van der Waals surface area contributed by atoms with E-state index in [1.54, 1.807) is 0 Å². The zero-order valence-electron chi connectivity index (χ0n) is 38.0. The van der Waals surface area contributed by atoms with Crippen LogP contribution in [0.4, 0.5) is 0 Å². The normalized spacial score (nSPS) is 12.9. The Labute approximate surface area is 362 Å². The van der Waals surface area contributed by atoms with Crippen LogP contribution in [-0.4, -0.2) is 37.2 Å². The Morgan fingerprint density at radius 1 is 0.356 bits per heavy atom. The number of carbonyl (C=O) groups excluding carboxylic acids is 3. The fraction of sp³-hybridized carbons (Fsp3) is 0.642. The summed E-state index contributed by atoms with van der Waals surface area (Å²) in [5, 5.41) is 0. The summed E-state index contributed by atoms with van der Waals surface area (Å²) < 4.78 is 16.6. The second-order valence-corrected chi connectivity index (χ2v) is 15.5. The molecule has 0 aromatic carbocycles. The first-order valence-electron chi connectivity index (χ1n) is 23.8. The van der Waals surface area contributed by atoms with E-state index in [0.29, 0.717) is 19.3 Å². The molecule has 0 saturated carbocycles. The van der Waals surface area contributed by atoms with Gasteiger partial charge in [-0.2, -0.15) is 0 Å². The minimum absolute atomic E-state index is 0.113. The van der Waals surface area contributed by atoms with Crippen molar-refractivity contribution in [2.45, 2.75) is 207 Å². The molecule has 0 heterocycles. The minimum Gasteiger partial charge on any atom is -0.462 e. The third kappa shape index (κ3) is 45.3. The fourth-order valence-electron chi connectivity index (χ4n) is 6.18. The van der Waals surface area contributed by atoms with Crippen LogP contribution in [0.15, 0.2) is 97.2 Å². The van der Waals surface area contributed by atoms with Crippen LogP contribution in [0.5, 0.6) is 0 Å². The van der Waals surface area contributed by atoms with Gasteiger partial charge in [-0.15, -0.1) is 0 Å². The molecule has 0 fully saturated rings. The molecule has 0 N–H and O–H groups in total. The average molecular weight is 819 g/mol. The zero-order chi connectivity index (χ0) is 43.0. The lowest BCUT2D eigenvalue weighted by atomic mass is 10.1. The van der Waals surface area contributed by atoms with E-state index in [1.807, 2.05) is 54.7 Å². The first kappa shape index (κ1) is 55.3. The van der Waals surface area contributed by atoms with Crippen molar-refractivity contribution in [2.75, 3.05) is 13.2 Å². The van der Waals surface area contributed by atoms with Crippen LogP contribution in [0.25, 0.3) is 0 Å². The largest absolute Gasteiger partial charge is 0.462 e. The molecule has 1 unspecified atom stereocenters. The predicted molar refractivity (Wildman–Crippen MR) is 251 cm³/mol. The van der Waals surface area contributed by atoms with Crippen molar-refractivity contribution < 1.29 is 28.6 Å². The predicted octanol–water partition coefficient (Wildman–Crippen LogP) is 15.4. The summed E-state index contributed by atoms with van der Waals surface area (Å²) in [7, 11) is 0. The summed E-state index contributed by atoms with van der Waals surface area (Å²) >= 11 is 0. The number of esters is 3. The average Bonchev–Trinajstić information content (AvgIpc) is 3.23. The van der Waals surface area contributed by atoms with E-state index in [2.05, 4.69) is 63.3 Å². The van der Waals surface area contributed by atoms with E-state index in [9.17, 15) is 14.4 Å². The van der Waals surface area contributed by atoms with Gasteiger partial charge >= 0.3 is 17.9 Å². The molecule has 0 radical (unpaired) electrons. The molecule has 6 heteroatoms. The Kier molecular flexibility index (Phi) is 44.1. The monoisotopic (exact) mass is 819 g/mol. The van der Waals surface area contributed by atoms with Crippen molar-refractivity contribution in [3.63, 3.8) is 0 Å². The van der Waals surface area contributed by atoms with Crippen LogP contribution < -0.4 is 0 Å². The van der Waals surface area contributed by atoms with E-state index < -0.39 is 12.1 Å². The molecule has 59 heavy (non-hydrogen) atoms. The van der Waals surface area contributed by atoms with Crippen molar-refractivity contribution in [3.05, 3.63) is 97.2 Å². The first-order chi connectivity index (χ1) is 29.0. The van der Waals surface area contributed by atoms with Gasteiger partial charge in [0.05, 0.1) is 0 Å². The number of allylic oxidation sites excluding steroid dienone is 16. The first-order valence-corrected chi connectivity index (χ1v) is 23.8. The van der Waals surface area contributed by atoms with Gasteiger partial charge in [0.1, 0.15) is 13.2 Å². The van der Waals surface area contributed by atoms with Gasteiger partial charge in [-0.25, -0.2) is 0 Å². The Balaban J connectivity index is 4.50. The second kappa shape index (κ2) is 47.0. The Bertz CT molecular complexity index is 1220. The summed E-state index contributed by atoms with van der Waals surface area (Å²) in [6, 6.07) is 0. The molecule has 0 aromatic rings. The smallest absolute Gasteiger partial charge is 0.306 e. The lowest BCUT2D eigenvalue weighted by molar-refractivity contribution is -0.167. The highest BCUT2D eigenvalue weighted by Crippen LogP contribution is 2.13. The zero-order valence-corrected chi connectivity index (χ0v) is 38.0. The molecule has 0 aliphatic carbocycles.